The normalized spacial score (nSPS) is 10.9. The van der Waals surface area contributed by atoms with Gasteiger partial charge in [0.1, 0.15) is 5.82 Å². The highest BCUT2D eigenvalue weighted by atomic mass is 15.2. The van der Waals surface area contributed by atoms with Crippen molar-refractivity contribution < 1.29 is 0 Å². The highest BCUT2D eigenvalue weighted by Gasteiger charge is 2.11. The Morgan fingerprint density at radius 1 is 1.08 bits per heavy atom. The van der Waals surface area contributed by atoms with Crippen molar-refractivity contribution in [1.82, 2.24) is 30.4 Å². The average Bonchev–Trinajstić information content (AvgIpc) is 3.25. The van der Waals surface area contributed by atoms with E-state index >= 15 is 0 Å². The molecule has 0 aliphatic carbocycles. The number of hydrogen-bond donors (Lipinski definition) is 4. The second-order valence-corrected chi connectivity index (χ2v) is 5.75. The molecule has 3 heterocycles. The van der Waals surface area contributed by atoms with Crippen LogP contribution in [0.4, 0.5) is 17.6 Å². The number of aromatic nitrogens is 6. The van der Waals surface area contributed by atoms with E-state index in [0.29, 0.717) is 23.2 Å². The van der Waals surface area contributed by atoms with Gasteiger partial charge in [0.05, 0.1) is 11.6 Å². The average molecular weight is 334 g/mol. The van der Waals surface area contributed by atoms with Gasteiger partial charge in [0.15, 0.2) is 11.5 Å². The number of hydrogen-bond acceptors (Lipinski definition) is 6. The fourth-order valence-corrected chi connectivity index (χ4v) is 2.58. The van der Waals surface area contributed by atoms with E-state index in [4.69, 9.17) is 0 Å². The van der Waals surface area contributed by atoms with Crippen LogP contribution in [0.3, 0.4) is 0 Å². The highest BCUT2D eigenvalue weighted by molar-refractivity contribution is 5.88. The predicted octanol–water partition coefficient (Wildman–Crippen LogP) is 2.78. The van der Waals surface area contributed by atoms with Crippen molar-refractivity contribution in [3.05, 3.63) is 53.9 Å². The largest absolute Gasteiger partial charge is 0.354 e. The lowest BCUT2D eigenvalue weighted by molar-refractivity contribution is 0.986. The molecule has 126 valence electrons. The summed E-state index contributed by atoms with van der Waals surface area (Å²) in [5, 5.41) is 21.3. The van der Waals surface area contributed by atoms with Gasteiger partial charge in [-0.05, 0) is 18.9 Å². The van der Waals surface area contributed by atoms with Gasteiger partial charge in [-0.25, -0.2) is 0 Å². The van der Waals surface area contributed by atoms with E-state index in [2.05, 4.69) is 53.1 Å². The highest BCUT2D eigenvalue weighted by Crippen LogP contribution is 2.23. The minimum absolute atomic E-state index is 0.544. The molecule has 0 amide bonds. The standard InChI is InChI=1S/C17H18N8/c1-11-9-14(24-23-11)20-15-13-10-19-25-16(13)22-17(21-15)18-8-7-12-5-3-2-4-6-12/h2-6,9-10H,7-8H2,1H3,(H4,18,19,20,21,22,23,24,25). The first kappa shape index (κ1) is 15.1. The van der Waals surface area contributed by atoms with Gasteiger partial charge in [-0.15, -0.1) is 0 Å². The molecule has 8 nitrogen and oxygen atoms in total. The zero-order valence-corrected chi connectivity index (χ0v) is 13.7. The summed E-state index contributed by atoms with van der Waals surface area (Å²) >= 11 is 0. The van der Waals surface area contributed by atoms with E-state index in [1.165, 1.54) is 5.56 Å². The smallest absolute Gasteiger partial charge is 0.226 e. The Labute approximate surface area is 144 Å². The van der Waals surface area contributed by atoms with Crippen molar-refractivity contribution in [2.45, 2.75) is 13.3 Å². The molecule has 0 bridgehead atoms. The number of aryl methyl sites for hydroxylation is 1. The van der Waals surface area contributed by atoms with Gasteiger partial charge in [-0.2, -0.15) is 20.2 Å². The van der Waals surface area contributed by atoms with Crippen LogP contribution in [-0.2, 0) is 6.42 Å². The van der Waals surface area contributed by atoms with E-state index < -0.39 is 0 Å². The van der Waals surface area contributed by atoms with Crippen molar-refractivity contribution in [2.75, 3.05) is 17.2 Å². The molecular weight excluding hydrogens is 316 g/mol. The van der Waals surface area contributed by atoms with Crippen molar-refractivity contribution >= 4 is 28.6 Å². The van der Waals surface area contributed by atoms with Gasteiger partial charge >= 0.3 is 0 Å². The number of aromatic amines is 2. The van der Waals surface area contributed by atoms with Crippen LogP contribution in [0.2, 0.25) is 0 Å². The van der Waals surface area contributed by atoms with Crippen LogP contribution in [0.15, 0.2) is 42.6 Å². The number of rotatable bonds is 6. The fourth-order valence-electron chi connectivity index (χ4n) is 2.58. The second kappa shape index (κ2) is 6.60. The van der Waals surface area contributed by atoms with Gasteiger partial charge in [0.25, 0.3) is 0 Å². The first-order chi connectivity index (χ1) is 12.3. The number of benzene rings is 1. The van der Waals surface area contributed by atoms with Crippen LogP contribution >= 0.6 is 0 Å². The van der Waals surface area contributed by atoms with E-state index in [0.717, 1.165) is 24.0 Å². The minimum Gasteiger partial charge on any atom is -0.354 e. The molecule has 4 N–H and O–H groups in total. The van der Waals surface area contributed by atoms with Crippen molar-refractivity contribution in [1.29, 1.82) is 0 Å². The minimum atomic E-state index is 0.544. The van der Waals surface area contributed by atoms with Gasteiger partial charge in [-0.3, -0.25) is 10.2 Å². The number of nitrogens with one attached hydrogen (secondary N) is 4. The summed E-state index contributed by atoms with van der Waals surface area (Å²) in [5.41, 5.74) is 2.91. The summed E-state index contributed by atoms with van der Waals surface area (Å²) in [5.74, 6) is 1.91. The zero-order chi connectivity index (χ0) is 17.1. The monoisotopic (exact) mass is 334 g/mol. The quantitative estimate of drug-likeness (QED) is 0.432. The molecule has 25 heavy (non-hydrogen) atoms. The number of fused-ring (bicyclic) bond motifs is 1. The third-order valence-electron chi connectivity index (χ3n) is 3.80. The number of anilines is 3. The summed E-state index contributed by atoms with van der Waals surface area (Å²) in [6.45, 7) is 2.69. The molecule has 4 rings (SSSR count). The molecule has 1 aromatic carbocycles. The molecular formula is C17H18N8. The van der Waals surface area contributed by atoms with E-state index in [1.807, 2.05) is 31.2 Å². The van der Waals surface area contributed by atoms with Crippen LogP contribution in [-0.4, -0.2) is 36.9 Å². The van der Waals surface area contributed by atoms with Gasteiger partial charge < -0.3 is 10.6 Å². The maximum absolute atomic E-state index is 4.56. The zero-order valence-electron chi connectivity index (χ0n) is 13.7. The topological polar surface area (TPSA) is 107 Å². The number of H-pyrrole nitrogens is 2. The summed E-state index contributed by atoms with van der Waals surface area (Å²) < 4.78 is 0. The summed E-state index contributed by atoms with van der Waals surface area (Å²) in [4.78, 5) is 9.03. The van der Waals surface area contributed by atoms with Crippen molar-refractivity contribution in [2.24, 2.45) is 0 Å². The lowest BCUT2D eigenvalue weighted by atomic mass is 10.1. The van der Waals surface area contributed by atoms with Crippen LogP contribution < -0.4 is 10.6 Å². The maximum Gasteiger partial charge on any atom is 0.226 e. The van der Waals surface area contributed by atoms with Crippen LogP contribution in [0.1, 0.15) is 11.3 Å². The molecule has 0 saturated heterocycles. The Hall–Kier alpha value is -3.42. The van der Waals surface area contributed by atoms with Crippen LogP contribution in [0.25, 0.3) is 11.0 Å². The summed E-state index contributed by atoms with van der Waals surface area (Å²) in [7, 11) is 0. The van der Waals surface area contributed by atoms with Gasteiger partial charge in [0.2, 0.25) is 5.95 Å². The molecule has 8 heteroatoms. The van der Waals surface area contributed by atoms with Crippen LogP contribution in [0, 0.1) is 6.92 Å². The molecule has 0 fully saturated rings. The predicted molar refractivity (Wildman–Crippen MR) is 96.9 cm³/mol. The molecule has 4 aromatic rings. The summed E-state index contributed by atoms with van der Waals surface area (Å²) in [6, 6.07) is 12.2. The Kier molecular flexibility index (Phi) is 3.99. The van der Waals surface area contributed by atoms with E-state index in [-0.39, 0.29) is 0 Å². The van der Waals surface area contributed by atoms with Gasteiger partial charge in [0, 0.05) is 18.3 Å². The van der Waals surface area contributed by atoms with Crippen LogP contribution in [0.5, 0.6) is 0 Å². The first-order valence-electron chi connectivity index (χ1n) is 8.06. The lowest BCUT2D eigenvalue weighted by Crippen LogP contribution is -2.09. The third kappa shape index (κ3) is 3.42. The molecule has 0 aliphatic rings. The number of nitrogens with zero attached hydrogens (tertiary/aromatic N) is 4. The van der Waals surface area contributed by atoms with Gasteiger partial charge in [-0.1, -0.05) is 30.3 Å². The molecule has 0 unspecified atom stereocenters. The molecule has 0 radical (unpaired) electrons. The van der Waals surface area contributed by atoms with E-state index in [9.17, 15) is 0 Å². The lowest BCUT2D eigenvalue weighted by Gasteiger charge is -2.08. The molecule has 0 saturated carbocycles. The molecule has 0 aliphatic heterocycles. The second-order valence-electron chi connectivity index (χ2n) is 5.75. The van der Waals surface area contributed by atoms with Crippen molar-refractivity contribution in [3.8, 4) is 0 Å². The molecule has 0 atom stereocenters. The molecule has 3 aromatic heterocycles. The third-order valence-corrected chi connectivity index (χ3v) is 3.80. The Bertz CT molecular complexity index is 973. The fraction of sp³-hybridized carbons (Fsp3) is 0.176. The SMILES string of the molecule is Cc1cc(Nc2nc(NCCc3ccccc3)nc3[nH]ncc23)n[nH]1. The molecule has 0 spiro atoms. The van der Waals surface area contributed by atoms with E-state index in [1.54, 1.807) is 6.20 Å². The maximum atomic E-state index is 4.56. The Balaban J connectivity index is 1.53. The first-order valence-corrected chi connectivity index (χ1v) is 8.06. The van der Waals surface area contributed by atoms with Crippen molar-refractivity contribution in [3.63, 3.8) is 0 Å². The Morgan fingerprint density at radius 3 is 2.76 bits per heavy atom. The Morgan fingerprint density at radius 2 is 1.96 bits per heavy atom. The summed E-state index contributed by atoms with van der Waals surface area (Å²) in [6.07, 6.45) is 2.59.